The summed E-state index contributed by atoms with van der Waals surface area (Å²) in [6, 6.07) is 14.4. The van der Waals surface area contributed by atoms with Crippen molar-refractivity contribution in [3.63, 3.8) is 0 Å². The summed E-state index contributed by atoms with van der Waals surface area (Å²) in [4.78, 5) is 43.5. The van der Waals surface area contributed by atoms with Crippen molar-refractivity contribution < 1.29 is 14.4 Å². The Morgan fingerprint density at radius 1 is 1.03 bits per heavy atom. The van der Waals surface area contributed by atoms with Crippen LogP contribution in [0.3, 0.4) is 0 Å². The van der Waals surface area contributed by atoms with E-state index in [-0.39, 0.29) is 35.1 Å². The van der Waals surface area contributed by atoms with Crippen molar-refractivity contribution in [1.82, 2.24) is 15.0 Å². The molecule has 2 atom stereocenters. The number of anilines is 2. The molecule has 2 aromatic carbocycles. The molecule has 0 radical (unpaired) electrons. The molecular weight excluding hydrogens is 430 g/mol. The molecule has 1 saturated heterocycles. The van der Waals surface area contributed by atoms with Crippen molar-refractivity contribution in [2.75, 3.05) is 10.3 Å². The van der Waals surface area contributed by atoms with Crippen molar-refractivity contribution >= 4 is 40.4 Å². The molecule has 0 unspecified atom stereocenters. The zero-order chi connectivity index (χ0) is 24.0. The van der Waals surface area contributed by atoms with Gasteiger partial charge in [-0.1, -0.05) is 30.4 Å². The van der Waals surface area contributed by atoms with Gasteiger partial charge in [0, 0.05) is 11.1 Å². The molecule has 0 spiro atoms. The van der Waals surface area contributed by atoms with Crippen molar-refractivity contribution in [3.05, 3.63) is 66.2 Å². The Morgan fingerprint density at radius 3 is 2.53 bits per heavy atom. The van der Waals surface area contributed by atoms with E-state index in [1.165, 1.54) is 5.01 Å². The van der Waals surface area contributed by atoms with Gasteiger partial charge in [-0.15, -0.1) is 0 Å². The van der Waals surface area contributed by atoms with Crippen LogP contribution in [0.4, 0.5) is 11.6 Å². The van der Waals surface area contributed by atoms with E-state index < -0.39 is 0 Å². The van der Waals surface area contributed by atoms with Crippen LogP contribution in [-0.2, 0) is 15.1 Å². The highest BCUT2D eigenvalue weighted by Crippen LogP contribution is 2.33. The van der Waals surface area contributed by atoms with E-state index in [9.17, 15) is 14.4 Å². The molecule has 34 heavy (non-hydrogen) atoms. The molecule has 2 heterocycles. The number of hydrogen-bond acceptors (Lipinski definition) is 4. The quantitative estimate of drug-likeness (QED) is 0.581. The van der Waals surface area contributed by atoms with E-state index in [0.717, 1.165) is 11.0 Å². The maximum Gasteiger partial charge on any atom is 0.258 e. The second kappa shape index (κ2) is 8.13. The Bertz CT molecular complexity index is 1330. The summed E-state index contributed by atoms with van der Waals surface area (Å²) in [7, 11) is 0. The van der Waals surface area contributed by atoms with Crippen LogP contribution >= 0.6 is 0 Å². The average Bonchev–Trinajstić information content (AvgIpc) is 3.20. The van der Waals surface area contributed by atoms with Gasteiger partial charge in [0.25, 0.3) is 5.91 Å². The van der Waals surface area contributed by atoms with Gasteiger partial charge in [-0.05, 0) is 63.9 Å². The summed E-state index contributed by atoms with van der Waals surface area (Å²) in [5.74, 6) is -0.975. The predicted molar refractivity (Wildman–Crippen MR) is 130 cm³/mol. The molecule has 5 rings (SSSR count). The molecule has 1 aromatic heterocycles. The van der Waals surface area contributed by atoms with Gasteiger partial charge in [0.1, 0.15) is 0 Å². The first-order valence-corrected chi connectivity index (χ1v) is 11.4. The summed E-state index contributed by atoms with van der Waals surface area (Å²) >= 11 is 0. The summed E-state index contributed by atoms with van der Waals surface area (Å²) in [5, 5.41) is 4.20. The van der Waals surface area contributed by atoms with Crippen molar-refractivity contribution in [3.8, 4) is 0 Å². The highest BCUT2D eigenvalue weighted by Gasteiger charge is 2.42. The highest BCUT2D eigenvalue weighted by atomic mass is 16.2. The number of nitrogens with one attached hydrogen (secondary N) is 2. The molecule has 1 aliphatic carbocycles. The van der Waals surface area contributed by atoms with Crippen molar-refractivity contribution in [1.29, 1.82) is 0 Å². The minimum atomic E-state index is -0.386. The average molecular weight is 458 g/mol. The van der Waals surface area contributed by atoms with Gasteiger partial charge in [-0.2, -0.15) is 0 Å². The molecule has 0 bridgehead atoms. The minimum absolute atomic E-state index is 0.166. The molecule has 3 aromatic rings. The van der Waals surface area contributed by atoms with Gasteiger partial charge in [-0.25, -0.2) is 9.99 Å². The normalized spacial score (nSPS) is 20.3. The molecule has 8 nitrogen and oxygen atoms in total. The van der Waals surface area contributed by atoms with Crippen LogP contribution in [0, 0.1) is 11.8 Å². The molecule has 3 amide bonds. The van der Waals surface area contributed by atoms with Gasteiger partial charge in [0.05, 0.1) is 28.6 Å². The van der Waals surface area contributed by atoms with Crippen LogP contribution in [0.2, 0.25) is 0 Å². The SMILES string of the molecule is CC(C)(C)n1c(NC(=O)c2cccc(N3NC(=O)[C@@H]4CC=CC[C@H]4C3=O)c2)nc2ccccc21. The molecule has 2 aliphatic rings. The number of benzene rings is 2. The molecule has 1 aliphatic heterocycles. The van der Waals surface area contributed by atoms with Gasteiger partial charge in [0.2, 0.25) is 17.8 Å². The molecule has 8 heteroatoms. The number of carbonyl (C=O) groups is 3. The fraction of sp³-hybridized carbons (Fsp3) is 0.308. The molecule has 2 N–H and O–H groups in total. The fourth-order valence-electron chi connectivity index (χ4n) is 4.73. The minimum Gasteiger partial charge on any atom is -0.305 e. The van der Waals surface area contributed by atoms with E-state index >= 15 is 0 Å². The van der Waals surface area contributed by atoms with E-state index in [1.54, 1.807) is 24.3 Å². The Morgan fingerprint density at radius 2 is 1.76 bits per heavy atom. The summed E-state index contributed by atoms with van der Waals surface area (Å²) in [5.41, 5.74) is 4.92. The zero-order valence-electron chi connectivity index (χ0n) is 19.4. The maximum atomic E-state index is 13.2. The van der Waals surface area contributed by atoms with E-state index in [1.807, 2.05) is 41.0 Å². The molecule has 0 saturated carbocycles. The van der Waals surface area contributed by atoms with Crippen LogP contribution in [0.15, 0.2) is 60.7 Å². The topological polar surface area (TPSA) is 96.3 Å². The standard InChI is InChI=1S/C26H27N5O3/c1-26(2,3)30-21-14-7-6-13-20(21)27-25(30)28-22(32)16-9-8-10-17(15-16)31-24(34)19-12-5-4-11-18(19)23(33)29-31/h4-10,13-15,18-19H,11-12H2,1-3H3,(H,29,33)(H,27,28,32)/t18-,19-/m1/s1. The lowest BCUT2D eigenvalue weighted by Crippen LogP contribution is -2.59. The number of allylic oxidation sites excluding steroid dienone is 2. The predicted octanol–water partition coefficient (Wildman–Crippen LogP) is 4.00. The Kier molecular flexibility index (Phi) is 5.23. The summed E-state index contributed by atoms with van der Waals surface area (Å²) in [6.45, 7) is 6.15. The van der Waals surface area contributed by atoms with Gasteiger partial charge >= 0.3 is 0 Å². The second-order valence-corrected chi connectivity index (χ2v) is 9.74. The Balaban J connectivity index is 1.44. The number of imidazole rings is 1. The fourth-order valence-corrected chi connectivity index (χ4v) is 4.73. The third-order valence-electron chi connectivity index (χ3n) is 6.35. The first-order chi connectivity index (χ1) is 16.2. The van der Waals surface area contributed by atoms with Crippen LogP contribution in [0.1, 0.15) is 44.0 Å². The number of hydrogen-bond donors (Lipinski definition) is 2. The van der Waals surface area contributed by atoms with Crippen LogP contribution in [-0.4, -0.2) is 27.3 Å². The van der Waals surface area contributed by atoms with Crippen molar-refractivity contribution in [2.24, 2.45) is 11.8 Å². The summed E-state index contributed by atoms with van der Waals surface area (Å²) < 4.78 is 2.00. The van der Waals surface area contributed by atoms with Gasteiger partial charge in [0.15, 0.2) is 0 Å². The number of aromatic nitrogens is 2. The lowest BCUT2D eigenvalue weighted by atomic mass is 9.80. The number of para-hydroxylation sites is 2. The van der Waals surface area contributed by atoms with Crippen LogP contribution < -0.4 is 15.8 Å². The molecule has 174 valence electrons. The first kappa shape index (κ1) is 21.9. The molecule has 1 fully saturated rings. The number of hydrazine groups is 1. The van der Waals surface area contributed by atoms with Crippen LogP contribution in [0.25, 0.3) is 11.0 Å². The number of rotatable bonds is 3. The smallest absolute Gasteiger partial charge is 0.258 e. The Hall–Kier alpha value is -3.94. The van der Waals surface area contributed by atoms with E-state index in [2.05, 4.69) is 36.5 Å². The third-order valence-corrected chi connectivity index (χ3v) is 6.35. The van der Waals surface area contributed by atoms with E-state index in [4.69, 9.17) is 0 Å². The summed E-state index contributed by atoms with van der Waals surface area (Å²) in [6.07, 6.45) is 4.99. The lowest BCUT2D eigenvalue weighted by Gasteiger charge is -2.38. The Labute approximate surface area is 197 Å². The zero-order valence-corrected chi connectivity index (χ0v) is 19.4. The second-order valence-electron chi connectivity index (χ2n) is 9.74. The lowest BCUT2D eigenvalue weighted by molar-refractivity contribution is -0.139. The number of nitrogens with zero attached hydrogens (tertiary/aromatic N) is 3. The van der Waals surface area contributed by atoms with Gasteiger partial charge < -0.3 is 4.57 Å². The number of fused-ring (bicyclic) bond motifs is 2. The maximum absolute atomic E-state index is 13.2. The van der Waals surface area contributed by atoms with E-state index in [0.29, 0.717) is 30.0 Å². The van der Waals surface area contributed by atoms with Crippen LogP contribution in [0.5, 0.6) is 0 Å². The molecular formula is C26H27N5O3. The monoisotopic (exact) mass is 457 g/mol. The number of amides is 3. The number of carbonyl (C=O) groups excluding carboxylic acids is 3. The largest absolute Gasteiger partial charge is 0.305 e. The third kappa shape index (κ3) is 3.75. The van der Waals surface area contributed by atoms with Crippen molar-refractivity contribution in [2.45, 2.75) is 39.2 Å². The first-order valence-electron chi connectivity index (χ1n) is 11.4. The van der Waals surface area contributed by atoms with Gasteiger partial charge in [-0.3, -0.25) is 25.1 Å². The highest BCUT2D eigenvalue weighted by molar-refractivity contribution is 6.07.